The van der Waals surface area contributed by atoms with Crippen LogP contribution in [0.1, 0.15) is 11.4 Å². The van der Waals surface area contributed by atoms with E-state index in [4.69, 9.17) is 0 Å². The molecule has 0 aliphatic carbocycles. The number of fused-ring (bicyclic) bond motifs is 1. The van der Waals surface area contributed by atoms with Crippen molar-refractivity contribution in [1.82, 2.24) is 20.2 Å². The summed E-state index contributed by atoms with van der Waals surface area (Å²) in [7, 11) is 1.76. The van der Waals surface area contributed by atoms with Gasteiger partial charge in [-0.2, -0.15) is 4.80 Å². The van der Waals surface area contributed by atoms with E-state index in [1.807, 2.05) is 12.1 Å². The molecule has 0 spiro atoms. The highest BCUT2D eigenvalue weighted by molar-refractivity contribution is 9.10. The molecule has 2 aromatic carbocycles. The minimum absolute atomic E-state index is 0.556. The lowest BCUT2D eigenvalue weighted by molar-refractivity contribution is 0.628. The molecule has 0 aliphatic rings. The number of rotatable bonds is 3. The van der Waals surface area contributed by atoms with Gasteiger partial charge in [0.05, 0.1) is 13.6 Å². The molecule has 1 aromatic heterocycles. The van der Waals surface area contributed by atoms with E-state index in [-0.39, 0.29) is 0 Å². The maximum absolute atomic E-state index is 4.18. The van der Waals surface area contributed by atoms with Crippen molar-refractivity contribution in [2.45, 2.75) is 13.5 Å². The van der Waals surface area contributed by atoms with Gasteiger partial charge in [0.15, 0.2) is 5.82 Å². The number of hydrogen-bond donors (Lipinski definition) is 1. The number of halogens is 1. The van der Waals surface area contributed by atoms with Crippen molar-refractivity contribution < 1.29 is 0 Å². The van der Waals surface area contributed by atoms with Gasteiger partial charge in [0.2, 0.25) is 0 Å². The molecule has 0 unspecified atom stereocenters. The van der Waals surface area contributed by atoms with Crippen LogP contribution in [0.15, 0.2) is 34.8 Å². The number of aromatic nitrogens is 4. The Morgan fingerprint density at radius 3 is 2.70 bits per heavy atom. The average molecular weight is 332 g/mol. The van der Waals surface area contributed by atoms with E-state index in [2.05, 4.69) is 61.8 Å². The van der Waals surface area contributed by atoms with Gasteiger partial charge >= 0.3 is 0 Å². The van der Waals surface area contributed by atoms with Crippen LogP contribution in [0.3, 0.4) is 0 Å². The number of benzene rings is 2. The lowest BCUT2D eigenvalue weighted by atomic mass is 10.0. The van der Waals surface area contributed by atoms with E-state index in [1.165, 1.54) is 21.1 Å². The molecule has 0 atom stereocenters. The van der Waals surface area contributed by atoms with E-state index >= 15 is 0 Å². The number of anilines is 1. The van der Waals surface area contributed by atoms with E-state index < -0.39 is 0 Å². The summed E-state index contributed by atoms with van der Waals surface area (Å²) in [6.07, 6.45) is 0. The van der Waals surface area contributed by atoms with E-state index in [9.17, 15) is 0 Å². The zero-order valence-electron chi connectivity index (χ0n) is 11.3. The molecular formula is C14H14BrN5. The van der Waals surface area contributed by atoms with Gasteiger partial charge in [0.25, 0.3) is 0 Å². The fourth-order valence-electron chi connectivity index (χ4n) is 2.26. The first-order valence-corrected chi connectivity index (χ1v) is 7.09. The fourth-order valence-corrected chi connectivity index (χ4v) is 2.95. The second kappa shape index (κ2) is 5.20. The fraction of sp³-hybridized carbons (Fsp3) is 0.214. The summed E-state index contributed by atoms with van der Waals surface area (Å²) >= 11 is 3.62. The first-order chi connectivity index (χ1) is 9.65. The number of nitrogens with one attached hydrogen (secondary N) is 1. The quantitative estimate of drug-likeness (QED) is 0.801. The molecule has 5 nitrogen and oxygen atoms in total. The molecule has 6 heteroatoms. The zero-order chi connectivity index (χ0) is 14.1. The summed E-state index contributed by atoms with van der Waals surface area (Å²) in [5, 5.41) is 17.8. The molecule has 102 valence electrons. The third-order valence-electron chi connectivity index (χ3n) is 3.16. The lowest BCUT2D eigenvalue weighted by Crippen LogP contribution is -2.04. The van der Waals surface area contributed by atoms with Crippen molar-refractivity contribution in [2.24, 2.45) is 7.05 Å². The van der Waals surface area contributed by atoms with Crippen LogP contribution in [0.4, 0.5) is 5.69 Å². The van der Waals surface area contributed by atoms with Crippen LogP contribution in [0.5, 0.6) is 0 Å². The Labute approximate surface area is 125 Å². The molecule has 20 heavy (non-hydrogen) atoms. The third-order valence-corrected chi connectivity index (χ3v) is 3.82. The van der Waals surface area contributed by atoms with E-state index in [0.29, 0.717) is 12.4 Å². The highest BCUT2D eigenvalue weighted by atomic mass is 79.9. The van der Waals surface area contributed by atoms with Gasteiger partial charge < -0.3 is 5.32 Å². The zero-order valence-corrected chi connectivity index (χ0v) is 12.8. The van der Waals surface area contributed by atoms with Crippen molar-refractivity contribution in [2.75, 3.05) is 5.32 Å². The Balaban J connectivity index is 1.98. The molecular weight excluding hydrogens is 318 g/mol. The Bertz CT molecular complexity index is 765. The predicted molar refractivity (Wildman–Crippen MR) is 82.5 cm³/mol. The van der Waals surface area contributed by atoms with Gasteiger partial charge in [-0.1, -0.05) is 40.2 Å². The smallest absolute Gasteiger partial charge is 0.193 e. The highest BCUT2D eigenvalue weighted by Gasteiger charge is 2.09. The monoisotopic (exact) mass is 331 g/mol. The van der Waals surface area contributed by atoms with Crippen LogP contribution in [-0.2, 0) is 13.6 Å². The standard InChI is InChI=1S/C14H14BrN5/c1-9-7-12(15)10-5-3-4-6-11(10)14(9)16-8-13-17-19-20(2)18-13/h3-7,16H,8H2,1-2H3. The SMILES string of the molecule is Cc1cc(Br)c2ccccc2c1NCc1nnn(C)n1. The summed E-state index contributed by atoms with van der Waals surface area (Å²) < 4.78 is 1.11. The van der Waals surface area contributed by atoms with Crippen molar-refractivity contribution in [1.29, 1.82) is 0 Å². The van der Waals surface area contributed by atoms with Crippen LogP contribution in [0.25, 0.3) is 10.8 Å². The van der Waals surface area contributed by atoms with Crippen LogP contribution in [0.2, 0.25) is 0 Å². The number of hydrogen-bond acceptors (Lipinski definition) is 4. The summed E-state index contributed by atoms with van der Waals surface area (Å²) in [5.41, 5.74) is 2.29. The maximum Gasteiger partial charge on any atom is 0.193 e. The van der Waals surface area contributed by atoms with Gasteiger partial charge in [-0.25, -0.2) is 0 Å². The largest absolute Gasteiger partial charge is 0.377 e. The topological polar surface area (TPSA) is 55.6 Å². The highest BCUT2D eigenvalue weighted by Crippen LogP contribution is 2.33. The first-order valence-electron chi connectivity index (χ1n) is 6.30. The molecule has 0 fully saturated rings. The van der Waals surface area contributed by atoms with Gasteiger partial charge in [-0.15, -0.1) is 10.2 Å². The Kier molecular flexibility index (Phi) is 3.40. The summed E-state index contributed by atoms with van der Waals surface area (Å²) in [4.78, 5) is 1.46. The molecule has 1 heterocycles. The molecule has 0 saturated heterocycles. The van der Waals surface area contributed by atoms with Crippen molar-refractivity contribution in [3.8, 4) is 0 Å². The van der Waals surface area contributed by atoms with Crippen LogP contribution in [0, 0.1) is 6.92 Å². The number of tetrazole rings is 1. The molecule has 0 aliphatic heterocycles. The van der Waals surface area contributed by atoms with Crippen LogP contribution in [-0.4, -0.2) is 20.2 Å². The third kappa shape index (κ3) is 2.38. The van der Waals surface area contributed by atoms with Gasteiger partial charge in [0.1, 0.15) is 0 Å². The number of aryl methyl sites for hydroxylation is 2. The first kappa shape index (κ1) is 13.1. The molecule has 3 aromatic rings. The molecule has 3 rings (SSSR count). The minimum atomic E-state index is 0.556. The second-order valence-corrected chi connectivity index (χ2v) is 5.50. The second-order valence-electron chi connectivity index (χ2n) is 4.64. The van der Waals surface area contributed by atoms with Crippen molar-refractivity contribution in [3.63, 3.8) is 0 Å². The van der Waals surface area contributed by atoms with E-state index in [1.54, 1.807) is 7.05 Å². The van der Waals surface area contributed by atoms with E-state index in [0.717, 1.165) is 10.2 Å². The molecule has 1 N–H and O–H groups in total. The van der Waals surface area contributed by atoms with Gasteiger partial charge in [0, 0.05) is 15.5 Å². The van der Waals surface area contributed by atoms with Gasteiger partial charge in [-0.05, 0) is 29.2 Å². The summed E-state index contributed by atoms with van der Waals surface area (Å²) in [6, 6.07) is 10.4. The predicted octanol–water partition coefficient (Wildman–Crippen LogP) is 3.05. The number of nitrogens with zero attached hydrogens (tertiary/aromatic N) is 4. The normalized spacial score (nSPS) is 10.9. The van der Waals surface area contributed by atoms with Crippen molar-refractivity contribution in [3.05, 3.63) is 46.2 Å². The Morgan fingerprint density at radius 1 is 1.25 bits per heavy atom. The van der Waals surface area contributed by atoms with Gasteiger partial charge in [-0.3, -0.25) is 0 Å². The van der Waals surface area contributed by atoms with Crippen LogP contribution < -0.4 is 5.32 Å². The maximum atomic E-state index is 4.18. The van der Waals surface area contributed by atoms with Crippen LogP contribution >= 0.6 is 15.9 Å². The lowest BCUT2D eigenvalue weighted by Gasteiger charge is -2.13. The average Bonchev–Trinajstić information content (AvgIpc) is 2.84. The Morgan fingerprint density at radius 2 is 2.00 bits per heavy atom. The molecule has 0 bridgehead atoms. The summed E-state index contributed by atoms with van der Waals surface area (Å²) in [6.45, 7) is 2.64. The minimum Gasteiger partial charge on any atom is -0.377 e. The Hall–Kier alpha value is -1.95. The molecule has 0 radical (unpaired) electrons. The summed E-state index contributed by atoms with van der Waals surface area (Å²) in [5.74, 6) is 0.680. The van der Waals surface area contributed by atoms with Crippen molar-refractivity contribution >= 4 is 32.4 Å². The molecule has 0 amide bonds. The molecule has 0 saturated carbocycles.